The fourth-order valence-corrected chi connectivity index (χ4v) is 0.604. The van der Waals surface area contributed by atoms with Crippen molar-refractivity contribution in [2.45, 2.75) is 39.5 Å². The molecule has 0 aromatic carbocycles. The van der Waals surface area contributed by atoms with Crippen molar-refractivity contribution < 1.29 is 14.6 Å². The molecule has 0 amide bonds. The van der Waals surface area contributed by atoms with Crippen LogP contribution in [0.1, 0.15) is 39.5 Å². The van der Waals surface area contributed by atoms with Gasteiger partial charge in [0.05, 0.1) is 6.61 Å². The quantitative estimate of drug-likeness (QED) is 0.428. The normalized spacial score (nSPS) is 8.86. The molecule has 14 heavy (non-hydrogen) atoms. The Kier molecular flexibility index (Phi) is 17.6. The molecule has 0 unspecified atom stereocenters. The van der Waals surface area contributed by atoms with Crippen LogP contribution in [0.2, 0.25) is 0 Å². The second-order valence-corrected chi connectivity index (χ2v) is 3.05. The molecule has 0 saturated heterocycles. The molecule has 0 aliphatic heterocycles. The largest absolute Gasteiger partial charge is 0.465 e. The summed E-state index contributed by atoms with van der Waals surface area (Å²) < 4.78 is 4.66. The van der Waals surface area contributed by atoms with Gasteiger partial charge >= 0.3 is 5.97 Å². The predicted molar refractivity (Wildman–Crippen MR) is 58.6 cm³/mol. The third-order valence-electron chi connectivity index (χ3n) is 1.38. The topological polar surface area (TPSA) is 46.5 Å². The Morgan fingerprint density at radius 1 is 1.29 bits per heavy atom. The van der Waals surface area contributed by atoms with Crippen molar-refractivity contribution in [2.75, 3.05) is 19.1 Å². The summed E-state index contributed by atoms with van der Waals surface area (Å²) in [4.78, 5) is 10.3. The van der Waals surface area contributed by atoms with Crippen molar-refractivity contribution in [2.24, 2.45) is 0 Å². The molecule has 0 saturated carbocycles. The van der Waals surface area contributed by atoms with Gasteiger partial charge in [0.25, 0.3) is 0 Å². The van der Waals surface area contributed by atoms with Gasteiger partial charge in [0.15, 0.2) is 0 Å². The maximum Gasteiger partial charge on any atom is 0.320 e. The van der Waals surface area contributed by atoms with Gasteiger partial charge in [-0.05, 0) is 12.8 Å². The van der Waals surface area contributed by atoms with E-state index < -0.39 is 0 Å². The molecule has 0 aromatic heterocycles. The van der Waals surface area contributed by atoms with E-state index in [1.165, 1.54) is 0 Å². The van der Waals surface area contributed by atoms with Gasteiger partial charge in [0, 0.05) is 6.61 Å². The average Bonchev–Trinajstić information content (AvgIpc) is 2.20. The summed E-state index contributed by atoms with van der Waals surface area (Å²) >= 11 is 5.16. The molecular weight excluding hydrogens is 204 g/mol. The van der Waals surface area contributed by atoms with Crippen molar-refractivity contribution in [3.05, 3.63) is 0 Å². The average molecular weight is 225 g/mol. The molecule has 0 radical (unpaired) electrons. The zero-order valence-corrected chi connectivity index (χ0v) is 9.85. The smallest absolute Gasteiger partial charge is 0.320 e. The molecule has 3 nitrogen and oxygen atoms in total. The molecule has 0 spiro atoms. The minimum atomic E-state index is -0.329. The van der Waals surface area contributed by atoms with Crippen LogP contribution in [0.4, 0.5) is 0 Å². The third kappa shape index (κ3) is 17.7. The van der Waals surface area contributed by atoms with Crippen molar-refractivity contribution in [3.8, 4) is 0 Å². The van der Waals surface area contributed by atoms with Gasteiger partial charge in [-0.3, -0.25) is 4.79 Å². The van der Waals surface area contributed by atoms with E-state index in [2.05, 4.69) is 11.7 Å². The van der Waals surface area contributed by atoms with Crippen molar-refractivity contribution in [3.63, 3.8) is 0 Å². The number of unbranched alkanes of at least 4 members (excludes halogenated alkanes) is 2. The maximum absolute atomic E-state index is 10.3. The van der Waals surface area contributed by atoms with E-state index in [-0.39, 0.29) is 11.8 Å². The molecule has 0 atom stereocenters. The first kappa shape index (κ1) is 16.2. The van der Waals surface area contributed by atoms with Gasteiger partial charge in [-0.25, -0.2) is 0 Å². The van der Waals surface area contributed by atoms with Crippen LogP contribution < -0.4 is 0 Å². The van der Waals surface area contributed by atoms with Gasteiger partial charge in [0.1, 0.15) is 5.88 Å². The van der Waals surface area contributed by atoms with Crippen LogP contribution in [0.5, 0.6) is 0 Å². The third-order valence-corrected chi connectivity index (χ3v) is 1.60. The second kappa shape index (κ2) is 15.2. The summed E-state index contributed by atoms with van der Waals surface area (Å²) in [5.74, 6) is -0.367. The Labute approximate surface area is 91.4 Å². The van der Waals surface area contributed by atoms with E-state index in [1.807, 2.05) is 6.92 Å². The van der Waals surface area contributed by atoms with Crippen LogP contribution in [-0.2, 0) is 9.53 Å². The summed E-state index contributed by atoms with van der Waals surface area (Å²) in [5.41, 5.74) is 0. The van der Waals surface area contributed by atoms with Gasteiger partial charge in [0.2, 0.25) is 0 Å². The Bertz CT molecular complexity index is 116. The van der Waals surface area contributed by atoms with Gasteiger partial charge in [-0.2, -0.15) is 0 Å². The first-order chi connectivity index (χ1) is 6.72. The lowest BCUT2D eigenvalue weighted by Gasteiger charge is -1.98. The molecule has 0 aliphatic rings. The molecule has 0 aromatic rings. The van der Waals surface area contributed by atoms with Gasteiger partial charge < -0.3 is 9.84 Å². The molecule has 86 valence electrons. The molecule has 0 heterocycles. The number of carbonyl (C=O) groups excluding carboxylic acids is 1. The zero-order chi connectivity index (χ0) is 11.2. The summed E-state index contributed by atoms with van der Waals surface area (Å²) in [6.45, 7) is 4.93. The Balaban J connectivity index is 0. The number of alkyl halides is 1. The summed E-state index contributed by atoms with van der Waals surface area (Å²) in [7, 11) is 0. The van der Waals surface area contributed by atoms with Gasteiger partial charge in [-0.15, -0.1) is 11.6 Å². The van der Waals surface area contributed by atoms with E-state index in [4.69, 9.17) is 16.7 Å². The highest BCUT2D eigenvalue weighted by atomic mass is 35.5. The first-order valence-electron chi connectivity index (χ1n) is 5.05. The van der Waals surface area contributed by atoms with Crippen LogP contribution in [-0.4, -0.2) is 30.2 Å². The van der Waals surface area contributed by atoms with Crippen LogP contribution in [0.15, 0.2) is 0 Å². The van der Waals surface area contributed by atoms with Crippen molar-refractivity contribution in [1.82, 2.24) is 0 Å². The lowest BCUT2D eigenvalue weighted by atomic mass is 10.4. The molecule has 0 fully saturated rings. The molecule has 0 rings (SSSR count). The number of aliphatic hydroxyl groups excluding tert-OH is 1. The first-order valence-corrected chi connectivity index (χ1v) is 5.58. The van der Waals surface area contributed by atoms with Crippen LogP contribution >= 0.6 is 11.6 Å². The zero-order valence-electron chi connectivity index (χ0n) is 9.09. The van der Waals surface area contributed by atoms with Crippen molar-refractivity contribution in [1.29, 1.82) is 0 Å². The second-order valence-electron chi connectivity index (χ2n) is 2.78. The number of rotatable bonds is 6. The van der Waals surface area contributed by atoms with Crippen LogP contribution in [0.3, 0.4) is 0 Å². The Morgan fingerprint density at radius 3 is 2.14 bits per heavy atom. The fraction of sp³-hybridized carbons (Fsp3) is 0.900. The predicted octanol–water partition coefficient (Wildman–Crippen LogP) is 2.35. The van der Waals surface area contributed by atoms with Crippen molar-refractivity contribution >= 4 is 17.6 Å². The summed E-state index contributed by atoms with van der Waals surface area (Å²) in [6.07, 6.45) is 3.99. The van der Waals surface area contributed by atoms with E-state index in [9.17, 15) is 4.79 Å². The van der Waals surface area contributed by atoms with Crippen LogP contribution in [0, 0.1) is 0 Å². The molecule has 1 N–H and O–H groups in total. The highest BCUT2D eigenvalue weighted by molar-refractivity contribution is 6.26. The molecular formula is C10H21ClO3. The Morgan fingerprint density at radius 2 is 1.86 bits per heavy atom. The van der Waals surface area contributed by atoms with E-state index in [0.717, 1.165) is 25.7 Å². The number of halogens is 1. The Hall–Kier alpha value is -0.280. The van der Waals surface area contributed by atoms with E-state index in [1.54, 1.807) is 0 Å². The summed E-state index contributed by atoms with van der Waals surface area (Å²) in [5, 5.41) is 8.07. The van der Waals surface area contributed by atoms with E-state index in [0.29, 0.717) is 13.2 Å². The maximum atomic E-state index is 10.3. The number of hydrogen-bond donors (Lipinski definition) is 1. The fourth-order valence-electron chi connectivity index (χ4n) is 0.527. The van der Waals surface area contributed by atoms with E-state index >= 15 is 0 Å². The lowest BCUT2D eigenvalue weighted by molar-refractivity contribution is -0.140. The molecule has 4 heteroatoms. The SMILES string of the molecule is CCCCO.CCCCOC(=O)CCl. The number of hydrogen-bond acceptors (Lipinski definition) is 3. The standard InChI is InChI=1S/C6H11ClO2.C4H10O/c1-2-3-4-9-6(8)5-7;1-2-3-4-5/h2-5H2,1H3;5H,2-4H2,1H3. The minimum Gasteiger partial charge on any atom is -0.465 e. The number of aliphatic hydroxyl groups is 1. The highest BCUT2D eigenvalue weighted by Crippen LogP contribution is 1.89. The molecule has 0 bridgehead atoms. The lowest BCUT2D eigenvalue weighted by Crippen LogP contribution is -2.06. The number of carbonyl (C=O) groups is 1. The summed E-state index contributed by atoms with van der Waals surface area (Å²) in [6, 6.07) is 0. The molecule has 0 aliphatic carbocycles. The monoisotopic (exact) mass is 224 g/mol. The highest BCUT2D eigenvalue weighted by Gasteiger charge is 1.96. The number of ether oxygens (including phenoxy) is 1. The number of esters is 1. The minimum absolute atomic E-state index is 0.0380. The van der Waals surface area contributed by atoms with Gasteiger partial charge in [-0.1, -0.05) is 26.7 Å². The van der Waals surface area contributed by atoms with Crippen LogP contribution in [0.25, 0.3) is 0 Å².